The minimum Gasteiger partial charge on any atom is -0.463 e. The molecule has 0 aliphatic carbocycles. The van der Waals surface area contributed by atoms with E-state index in [2.05, 4.69) is 0 Å². The van der Waals surface area contributed by atoms with Crippen molar-refractivity contribution in [1.82, 2.24) is 4.90 Å². The Kier molecular flexibility index (Phi) is 8.99. The molecule has 4 rings (SSSR count). The van der Waals surface area contributed by atoms with Gasteiger partial charge in [-0.3, -0.25) is 0 Å². The zero-order chi connectivity index (χ0) is 27.9. The summed E-state index contributed by atoms with van der Waals surface area (Å²) in [6, 6.07) is 26.4. The van der Waals surface area contributed by atoms with Crippen LogP contribution in [0, 0.1) is 0 Å². The fraction of sp³-hybridized carbons (Fsp3) is 0.219. The van der Waals surface area contributed by atoms with Crippen molar-refractivity contribution in [3.8, 4) is 0 Å². The lowest BCUT2D eigenvalue weighted by Crippen LogP contribution is -2.39. The lowest BCUT2D eigenvalue weighted by Gasteiger charge is -2.38. The van der Waals surface area contributed by atoms with Crippen molar-refractivity contribution < 1.29 is 19.1 Å². The molecule has 0 aromatic heterocycles. The van der Waals surface area contributed by atoms with Crippen LogP contribution in [0.1, 0.15) is 44.7 Å². The summed E-state index contributed by atoms with van der Waals surface area (Å²) in [5.74, 6) is -1.31. The summed E-state index contributed by atoms with van der Waals surface area (Å²) in [7, 11) is 0. The first-order valence-corrected chi connectivity index (χ1v) is 13.3. The number of carbonyl (C=O) groups excluding carboxylic acids is 2. The van der Waals surface area contributed by atoms with Crippen molar-refractivity contribution in [2.45, 2.75) is 33.6 Å². The lowest BCUT2D eigenvalue weighted by molar-refractivity contribution is -0.139. The maximum atomic E-state index is 13.6. The highest BCUT2D eigenvalue weighted by Crippen LogP contribution is 2.45. The van der Waals surface area contributed by atoms with E-state index in [-0.39, 0.29) is 13.2 Å². The van der Waals surface area contributed by atoms with E-state index in [4.69, 9.17) is 26.1 Å². The second kappa shape index (κ2) is 12.6. The Bertz CT molecular complexity index is 1400. The standard InChI is InChI=1S/C32H31ClN2O4/c1-5-38-31(36)27-21(3)35(30(23-15-9-7-10-16-23)34-24-17-11-8-12-18-24)22(4)28(32(37)39-6-2)29(27)25-19-13-14-20-26(25)33/h7-20,29H,5-6H2,1-4H3. The van der Waals surface area contributed by atoms with Gasteiger partial charge in [0.15, 0.2) is 0 Å². The molecule has 0 saturated carbocycles. The number of hydrogen-bond acceptors (Lipinski definition) is 5. The van der Waals surface area contributed by atoms with E-state index in [9.17, 15) is 9.59 Å². The van der Waals surface area contributed by atoms with Crippen LogP contribution in [0.3, 0.4) is 0 Å². The predicted molar refractivity (Wildman–Crippen MR) is 154 cm³/mol. The van der Waals surface area contributed by atoms with Crippen LogP contribution in [0.2, 0.25) is 5.02 Å². The number of para-hydroxylation sites is 1. The first-order valence-electron chi connectivity index (χ1n) is 12.9. The number of ether oxygens (including phenoxy) is 2. The molecule has 7 heteroatoms. The SMILES string of the molecule is CCOC(=O)C1=C(C)N(C(=Nc2ccccc2)c2ccccc2)C(C)=C(C(=O)OCC)C1c1ccccc1Cl. The van der Waals surface area contributed by atoms with Gasteiger partial charge in [0.25, 0.3) is 0 Å². The molecule has 200 valence electrons. The van der Waals surface area contributed by atoms with Crippen LogP contribution in [0.4, 0.5) is 5.69 Å². The number of esters is 2. The van der Waals surface area contributed by atoms with E-state index in [1.165, 1.54) is 0 Å². The van der Waals surface area contributed by atoms with E-state index in [1.54, 1.807) is 19.9 Å². The first kappa shape index (κ1) is 27.9. The maximum Gasteiger partial charge on any atom is 0.336 e. The number of hydrogen-bond donors (Lipinski definition) is 0. The van der Waals surface area contributed by atoms with Gasteiger partial charge in [0, 0.05) is 22.0 Å². The highest BCUT2D eigenvalue weighted by Gasteiger charge is 2.42. The smallest absolute Gasteiger partial charge is 0.336 e. The second-order valence-corrected chi connectivity index (χ2v) is 9.27. The van der Waals surface area contributed by atoms with Crippen LogP contribution in [0.5, 0.6) is 0 Å². The van der Waals surface area contributed by atoms with E-state index in [0.29, 0.717) is 39.0 Å². The molecule has 0 N–H and O–H groups in total. The molecule has 0 spiro atoms. The van der Waals surface area contributed by atoms with Crippen LogP contribution in [-0.2, 0) is 19.1 Å². The van der Waals surface area contributed by atoms with Gasteiger partial charge < -0.3 is 14.4 Å². The zero-order valence-electron chi connectivity index (χ0n) is 22.5. The Balaban J connectivity index is 2.07. The number of amidine groups is 1. The summed E-state index contributed by atoms with van der Waals surface area (Å²) >= 11 is 6.66. The Labute approximate surface area is 234 Å². The number of halogens is 1. The van der Waals surface area contributed by atoms with Gasteiger partial charge in [0.1, 0.15) is 5.84 Å². The van der Waals surface area contributed by atoms with Gasteiger partial charge in [-0.2, -0.15) is 0 Å². The van der Waals surface area contributed by atoms with E-state index < -0.39 is 17.9 Å². The van der Waals surface area contributed by atoms with Crippen molar-refractivity contribution in [1.29, 1.82) is 0 Å². The Morgan fingerprint density at radius 1 is 0.769 bits per heavy atom. The van der Waals surface area contributed by atoms with Crippen molar-refractivity contribution in [3.05, 3.63) is 124 Å². The molecule has 0 amide bonds. The predicted octanol–water partition coefficient (Wildman–Crippen LogP) is 7.19. The molecule has 0 atom stereocenters. The second-order valence-electron chi connectivity index (χ2n) is 8.87. The summed E-state index contributed by atoms with van der Waals surface area (Å²) < 4.78 is 11.1. The summed E-state index contributed by atoms with van der Waals surface area (Å²) in [4.78, 5) is 34.1. The highest BCUT2D eigenvalue weighted by molar-refractivity contribution is 6.31. The lowest BCUT2D eigenvalue weighted by atomic mass is 9.79. The minimum absolute atomic E-state index is 0.173. The minimum atomic E-state index is -0.790. The fourth-order valence-electron chi connectivity index (χ4n) is 4.80. The van der Waals surface area contributed by atoms with Gasteiger partial charge in [-0.25, -0.2) is 14.6 Å². The van der Waals surface area contributed by atoms with Crippen LogP contribution in [0.15, 0.2) is 112 Å². The summed E-state index contributed by atoms with van der Waals surface area (Å²) in [5.41, 5.74) is 3.92. The van der Waals surface area contributed by atoms with Gasteiger partial charge in [-0.15, -0.1) is 0 Å². The fourth-order valence-corrected chi connectivity index (χ4v) is 5.04. The Morgan fingerprint density at radius 2 is 1.26 bits per heavy atom. The first-order chi connectivity index (χ1) is 18.9. The molecule has 3 aromatic carbocycles. The summed E-state index contributed by atoms with van der Waals surface area (Å²) in [5, 5.41) is 0.432. The maximum absolute atomic E-state index is 13.6. The number of allylic oxidation sites excluding steroid dienone is 2. The zero-order valence-corrected chi connectivity index (χ0v) is 23.2. The van der Waals surface area contributed by atoms with Crippen molar-refractivity contribution in [2.24, 2.45) is 4.99 Å². The molecule has 39 heavy (non-hydrogen) atoms. The quantitative estimate of drug-likeness (QED) is 0.179. The number of aliphatic imine (C=N–C) groups is 1. The van der Waals surface area contributed by atoms with Crippen molar-refractivity contribution in [2.75, 3.05) is 13.2 Å². The third-order valence-electron chi connectivity index (χ3n) is 6.47. The molecule has 1 heterocycles. The third-order valence-corrected chi connectivity index (χ3v) is 6.81. The monoisotopic (exact) mass is 542 g/mol. The average molecular weight is 543 g/mol. The number of carbonyl (C=O) groups is 2. The molecule has 1 aliphatic heterocycles. The van der Waals surface area contributed by atoms with Gasteiger partial charge in [-0.1, -0.05) is 78.3 Å². The molecule has 6 nitrogen and oxygen atoms in total. The molecular weight excluding hydrogens is 512 g/mol. The number of rotatable bonds is 7. The topological polar surface area (TPSA) is 68.2 Å². The third kappa shape index (κ3) is 5.81. The number of benzene rings is 3. The van der Waals surface area contributed by atoms with Crippen LogP contribution in [0.25, 0.3) is 0 Å². The van der Waals surface area contributed by atoms with E-state index in [0.717, 1.165) is 11.3 Å². The Hall–Kier alpha value is -4.16. The Morgan fingerprint density at radius 3 is 1.77 bits per heavy atom. The summed E-state index contributed by atoms with van der Waals surface area (Å²) in [6.45, 7) is 7.52. The van der Waals surface area contributed by atoms with Crippen LogP contribution >= 0.6 is 11.6 Å². The molecule has 3 aromatic rings. The summed E-state index contributed by atoms with van der Waals surface area (Å²) in [6.07, 6.45) is 0. The van der Waals surface area contributed by atoms with Gasteiger partial charge in [0.05, 0.1) is 36.0 Å². The van der Waals surface area contributed by atoms with Gasteiger partial charge in [-0.05, 0) is 51.5 Å². The van der Waals surface area contributed by atoms with Gasteiger partial charge in [0.2, 0.25) is 0 Å². The van der Waals surface area contributed by atoms with E-state index >= 15 is 0 Å². The molecule has 1 aliphatic rings. The molecule has 0 bridgehead atoms. The normalized spacial score (nSPS) is 14.5. The van der Waals surface area contributed by atoms with E-state index in [1.807, 2.05) is 97.6 Å². The van der Waals surface area contributed by atoms with Crippen molar-refractivity contribution >= 4 is 35.1 Å². The molecule has 0 unspecified atom stereocenters. The molecule has 0 saturated heterocycles. The molecule has 0 radical (unpaired) electrons. The molecule has 0 fully saturated rings. The average Bonchev–Trinajstić information content (AvgIpc) is 2.93. The van der Waals surface area contributed by atoms with Gasteiger partial charge >= 0.3 is 11.9 Å². The largest absolute Gasteiger partial charge is 0.463 e. The number of nitrogens with zero attached hydrogens (tertiary/aromatic N) is 2. The molecular formula is C32H31ClN2O4. The highest BCUT2D eigenvalue weighted by atomic mass is 35.5. The van der Waals surface area contributed by atoms with Crippen LogP contribution in [-0.4, -0.2) is 35.9 Å². The van der Waals surface area contributed by atoms with Crippen molar-refractivity contribution in [3.63, 3.8) is 0 Å². The van der Waals surface area contributed by atoms with Crippen LogP contribution < -0.4 is 0 Å².